The van der Waals surface area contributed by atoms with Gasteiger partial charge in [0, 0.05) is 13.6 Å². The summed E-state index contributed by atoms with van der Waals surface area (Å²) in [5.74, 6) is -1.18. The van der Waals surface area contributed by atoms with Crippen LogP contribution in [0.1, 0.15) is 33.1 Å². The van der Waals surface area contributed by atoms with Gasteiger partial charge in [-0.25, -0.2) is 0 Å². The van der Waals surface area contributed by atoms with Crippen LogP contribution in [-0.2, 0) is 9.59 Å². The van der Waals surface area contributed by atoms with Crippen LogP contribution in [0.3, 0.4) is 0 Å². The monoisotopic (exact) mass is 230 g/mol. The molecule has 0 aliphatic rings. The maximum absolute atomic E-state index is 11.5. The number of likely N-dealkylation sites (N-methyl/N-ethyl adjacent to an activating group) is 1. The summed E-state index contributed by atoms with van der Waals surface area (Å²) in [5, 5.41) is 11.4. The minimum Gasteiger partial charge on any atom is -0.394 e. The molecule has 0 aromatic rings. The normalized spacial score (nSPS) is 12.0. The Balaban J connectivity index is 4.11. The first-order valence-corrected chi connectivity index (χ1v) is 5.73. The lowest BCUT2D eigenvalue weighted by atomic mass is 10.2. The SMILES string of the molecule is CCCCN(C)C(=O)C(=O)NC(CC)CO. The second-order valence-corrected chi connectivity index (χ2v) is 3.84. The van der Waals surface area contributed by atoms with E-state index in [1.807, 2.05) is 13.8 Å². The van der Waals surface area contributed by atoms with Crippen molar-refractivity contribution in [2.45, 2.75) is 39.2 Å². The standard InChI is InChI=1S/C11H22N2O3/c1-4-6-7-13(3)11(16)10(15)12-9(5-2)8-14/h9,14H,4-8H2,1-3H3,(H,12,15). The van der Waals surface area contributed by atoms with Crippen molar-refractivity contribution in [1.82, 2.24) is 10.2 Å². The fourth-order valence-electron chi connectivity index (χ4n) is 1.19. The van der Waals surface area contributed by atoms with Crippen LogP contribution in [-0.4, -0.2) is 48.1 Å². The molecule has 0 heterocycles. The van der Waals surface area contributed by atoms with Crippen LogP contribution in [0.25, 0.3) is 0 Å². The lowest BCUT2D eigenvalue weighted by Gasteiger charge is -2.18. The smallest absolute Gasteiger partial charge is 0.311 e. The van der Waals surface area contributed by atoms with Crippen LogP contribution >= 0.6 is 0 Å². The number of carbonyl (C=O) groups excluding carboxylic acids is 2. The summed E-state index contributed by atoms with van der Waals surface area (Å²) in [6.45, 7) is 4.30. The summed E-state index contributed by atoms with van der Waals surface area (Å²) in [6.07, 6.45) is 2.47. The lowest BCUT2D eigenvalue weighted by Crippen LogP contribution is -2.46. The number of amides is 2. The minimum atomic E-state index is -0.639. The Morgan fingerprint density at radius 1 is 1.38 bits per heavy atom. The summed E-state index contributed by atoms with van der Waals surface area (Å²) in [7, 11) is 1.61. The van der Waals surface area contributed by atoms with Crippen molar-refractivity contribution in [3.63, 3.8) is 0 Å². The molecular weight excluding hydrogens is 208 g/mol. The molecule has 0 aliphatic carbocycles. The average molecular weight is 230 g/mol. The van der Waals surface area contributed by atoms with E-state index in [0.717, 1.165) is 12.8 Å². The summed E-state index contributed by atoms with van der Waals surface area (Å²) in [4.78, 5) is 24.4. The van der Waals surface area contributed by atoms with Crippen molar-refractivity contribution in [1.29, 1.82) is 0 Å². The van der Waals surface area contributed by atoms with Crippen molar-refractivity contribution in [3.8, 4) is 0 Å². The van der Waals surface area contributed by atoms with Gasteiger partial charge in [0.05, 0.1) is 12.6 Å². The van der Waals surface area contributed by atoms with Gasteiger partial charge in [0.15, 0.2) is 0 Å². The van der Waals surface area contributed by atoms with Gasteiger partial charge in [0.2, 0.25) is 0 Å². The quantitative estimate of drug-likeness (QED) is 0.637. The summed E-state index contributed by atoms with van der Waals surface area (Å²) in [6, 6.07) is -0.337. The molecule has 1 unspecified atom stereocenters. The van der Waals surface area contributed by atoms with E-state index in [0.29, 0.717) is 13.0 Å². The van der Waals surface area contributed by atoms with Gasteiger partial charge in [-0.05, 0) is 12.8 Å². The summed E-state index contributed by atoms with van der Waals surface area (Å²) < 4.78 is 0. The minimum absolute atomic E-state index is 0.145. The Morgan fingerprint density at radius 2 is 2.00 bits per heavy atom. The number of carbonyl (C=O) groups is 2. The van der Waals surface area contributed by atoms with E-state index in [1.165, 1.54) is 4.90 Å². The number of aliphatic hydroxyl groups is 1. The number of rotatable bonds is 6. The third-order valence-electron chi connectivity index (χ3n) is 2.44. The van der Waals surface area contributed by atoms with Crippen molar-refractivity contribution in [2.24, 2.45) is 0 Å². The third kappa shape index (κ3) is 5.11. The van der Waals surface area contributed by atoms with Crippen LogP contribution in [0.15, 0.2) is 0 Å². The Hall–Kier alpha value is -1.10. The molecule has 2 amide bonds. The first-order valence-electron chi connectivity index (χ1n) is 5.73. The Labute approximate surface area is 96.8 Å². The number of nitrogens with one attached hydrogen (secondary N) is 1. The van der Waals surface area contributed by atoms with E-state index < -0.39 is 11.8 Å². The molecule has 0 radical (unpaired) electrons. The van der Waals surface area contributed by atoms with Gasteiger partial charge < -0.3 is 15.3 Å². The molecule has 5 nitrogen and oxygen atoms in total. The number of nitrogens with zero attached hydrogens (tertiary/aromatic N) is 1. The number of hydrogen-bond acceptors (Lipinski definition) is 3. The zero-order valence-corrected chi connectivity index (χ0v) is 10.3. The van der Waals surface area contributed by atoms with Gasteiger partial charge in [-0.3, -0.25) is 9.59 Å². The van der Waals surface area contributed by atoms with Crippen molar-refractivity contribution in [3.05, 3.63) is 0 Å². The van der Waals surface area contributed by atoms with Crippen LogP contribution < -0.4 is 5.32 Å². The van der Waals surface area contributed by atoms with Gasteiger partial charge in [0.1, 0.15) is 0 Å². The molecule has 5 heteroatoms. The van der Waals surface area contributed by atoms with E-state index in [9.17, 15) is 9.59 Å². The molecule has 2 N–H and O–H groups in total. The van der Waals surface area contributed by atoms with Crippen LogP contribution in [0.4, 0.5) is 0 Å². The fraction of sp³-hybridized carbons (Fsp3) is 0.818. The van der Waals surface area contributed by atoms with Gasteiger partial charge >= 0.3 is 11.8 Å². The molecule has 0 bridgehead atoms. The first kappa shape index (κ1) is 14.9. The molecule has 0 saturated heterocycles. The number of aliphatic hydroxyl groups excluding tert-OH is 1. The third-order valence-corrected chi connectivity index (χ3v) is 2.44. The first-order chi connectivity index (χ1) is 7.56. The van der Waals surface area contributed by atoms with Crippen LogP contribution in [0.2, 0.25) is 0 Å². The maximum atomic E-state index is 11.5. The Morgan fingerprint density at radius 3 is 2.44 bits per heavy atom. The van der Waals surface area contributed by atoms with E-state index in [2.05, 4.69) is 5.32 Å². The van der Waals surface area contributed by atoms with Gasteiger partial charge in [-0.1, -0.05) is 20.3 Å². The number of hydrogen-bond donors (Lipinski definition) is 2. The van der Waals surface area contributed by atoms with E-state index in [-0.39, 0.29) is 12.6 Å². The zero-order valence-electron chi connectivity index (χ0n) is 10.3. The predicted molar refractivity (Wildman–Crippen MR) is 61.9 cm³/mol. The molecule has 1 atom stereocenters. The highest BCUT2D eigenvalue weighted by molar-refractivity contribution is 6.35. The average Bonchev–Trinajstić information content (AvgIpc) is 2.31. The molecular formula is C11H22N2O3. The topological polar surface area (TPSA) is 69.6 Å². The van der Waals surface area contributed by atoms with Crippen LogP contribution in [0, 0.1) is 0 Å². The van der Waals surface area contributed by atoms with Crippen molar-refractivity contribution < 1.29 is 14.7 Å². The molecule has 0 spiro atoms. The van der Waals surface area contributed by atoms with Gasteiger partial charge in [-0.2, -0.15) is 0 Å². The molecule has 94 valence electrons. The molecule has 0 aromatic heterocycles. The van der Waals surface area contributed by atoms with E-state index in [1.54, 1.807) is 7.05 Å². The Kier molecular flexibility index (Phi) is 7.54. The highest BCUT2D eigenvalue weighted by Gasteiger charge is 2.20. The second kappa shape index (κ2) is 8.10. The largest absolute Gasteiger partial charge is 0.394 e. The maximum Gasteiger partial charge on any atom is 0.311 e. The zero-order chi connectivity index (χ0) is 12.6. The molecule has 0 rings (SSSR count). The van der Waals surface area contributed by atoms with E-state index >= 15 is 0 Å². The summed E-state index contributed by atoms with van der Waals surface area (Å²) in [5.41, 5.74) is 0. The predicted octanol–water partition coefficient (Wildman–Crippen LogP) is 0.132. The van der Waals surface area contributed by atoms with Gasteiger partial charge in [0.25, 0.3) is 0 Å². The highest BCUT2D eigenvalue weighted by atomic mass is 16.3. The summed E-state index contributed by atoms with van der Waals surface area (Å²) >= 11 is 0. The molecule has 0 fully saturated rings. The fourth-order valence-corrected chi connectivity index (χ4v) is 1.19. The molecule has 0 aromatic carbocycles. The van der Waals surface area contributed by atoms with E-state index in [4.69, 9.17) is 5.11 Å². The Bertz CT molecular complexity index is 227. The number of unbranched alkanes of at least 4 members (excludes halogenated alkanes) is 1. The molecule has 16 heavy (non-hydrogen) atoms. The molecule has 0 saturated carbocycles. The molecule has 0 aliphatic heterocycles. The van der Waals surface area contributed by atoms with Crippen LogP contribution in [0.5, 0.6) is 0 Å². The van der Waals surface area contributed by atoms with Crippen molar-refractivity contribution in [2.75, 3.05) is 20.2 Å². The second-order valence-electron chi connectivity index (χ2n) is 3.84. The highest BCUT2D eigenvalue weighted by Crippen LogP contribution is 1.94. The lowest BCUT2D eigenvalue weighted by molar-refractivity contribution is -0.145. The van der Waals surface area contributed by atoms with Crippen molar-refractivity contribution >= 4 is 11.8 Å². The van der Waals surface area contributed by atoms with Gasteiger partial charge in [-0.15, -0.1) is 0 Å².